The summed E-state index contributed by atoms with van der Waals surface area (Å²) < 4.78 is 6.05. The van der Waals surface area contributed by atoms with Gasteiger partial charge in [-0.3, -0.25) is 0 Å². The van der Waals surface area contributed by atoms with E-state index in [0.29, 0.717) is 6.61 Å². The molecule has 1 atom stereocenters. The molecule has 2 aromatic carbocycles. The SMILES string of the molecule is CCNCCO[C@H](c1ccccc1)c1ccccc1Cl. The maximum absolute atomic E-state index is 6.31. The summed E-state index contributed by atoms with van der Waals surface area (Å²) in [5, 5.41) is 4.00. The number of rotatable bonds is 7. The molecular weight excluding hydrogens is 270 g/mol. The molecule has 1 N–H and O–H groups in total. The quantitative estimate of drug-likeness (QED) is 0.776. The normalized spacial score (nSPS) is 12.3. The van der Waals surface area contributed by atoms with Crippen LogP contribution >= 0.6 is 11.6 Å². The molecule has 0 fully saturated rings. The minimum Gasteiger partial charge on any atom is -0.367 e. The number of ether oxygens (including phenoxy) is 1. The predicted octanol–water partition coefficient (Wildman–Crippen LogP) is 4.06. The Morgan fingerprint density at radius 2 is 1.75 bits per heavy atom. The number of nitrogens with one attached hydrogen (secondary N) is 1. The maximum Gasteiger partial charge on any atom is 0.109 e. The second-order valence-electron chi connectivity index (χ2n) is 4.54. The second kappa shape index (κ2) is 8.05. The summed E-state index contributed by atoms with van der Waals surface area (Å²) in [6, 6.07) is 18.0. The Balaban J connectivity index is 2.19. The molecule has 0 amide bonds. The van der Waals surface area contributed by atoms with Gasteiger partial charge < -0.3 is 10.1 Å². The van der Waals surface area contributed by atoms with Gasteiger partial charge in [0.05, 0.1) is 6.61 Å². The number of likely N-dealkylation sites (N-methyl/N-ethyl adjacent to an activating group) is 1. The fourth-order valence-electron chi connectivity index (χ4n) is 2.11. The lowest BCUT2D eigenvalue weighted by Gasteiger charge is -2.20. The van der Waals surface area contributed by atoms with Crippen molar-refractivity contribution in [2.45, 2.75) is 13.0 Å². The van der Waals surface area contributed by atoms with Gasteiger partial charge in [-0.2, -0.15) is 0 Å². The molecule has 0 aliphatic carbocycles. The van der Waals surface area contributed by atoms with E-state index >= 15 is 0 Å². The van der Waals surface area contributed by atoms with Crippen molar-refractivity contribution < 1.29 is 4.74 Å². The van der Waals surface area contributed by atoms with E-state index < -0.39 is 0 Å². The molecule has 106 valence electrons. The van der Waals surface area contributed by atoms with Crippen LogP contribution in [-0.4, -0.2) is 19.7 Å². The van der Waals surface area contributed by atoms with Crippen LogP contribution in [-0.2, 0) is 4.74 Å². The highest BCUT2D eigenvalue weighted by atomic mass is 35.5. The van der Waals surface area contributed by atoms with Crippen LogP contribution in [0.25, 0.3) is 0 Å². The first-order valence-electron chi connectivity index (χ1n) is 6.94. The van der Waals surface area contributed by atoms with Crippen LogP contribution in [0.3, 0.4) is 0 Å². The Bertz CT molecular complexity index is 515. The fourth-order valence-corrected chi connectivity index (χ4v) is 2.34. The van der Waals surface area contributed by atoms with Crippen molar-refractivity contribution in [2.24, 2.45) is 0 Å². The van der Waals surface area contributed by atoms with E-state index in [9.17, 15) is 0 Å². The van der Waals surface area contributed by atoms with Gasteiger partial charge in [-0.15, -0.1) is 0 Å². The summed E-state index contributed by atoms with van der Waals surface area (Å²) in [7, 11) is 0. The van der Waals surface area contributed by atoms with E-state index in [4.69, 9.17) is 16.3 Å². The molecule has 2 nitrogen and oxygen atoms in total. The Hall–Kier alpha value is -1.35. The zero-order valence-electron chi connectivity index (χ0n) is 11.7. The van der Waals surface area contributed by atoms with Crippen molar-refractivity contribution in [3.63, 3.8) is 0 Å². The van der Waals surface area contributed by atoms with E-state index in [2.05, 4.69) is 24.4 Å². The van der Waals surface area contributed by atoms with Crippen molar-refractivity contribution in [3.8, 4) is 0 Å². The Kier molecular flexibility index (Phi) is 6.06. The maximum atomic E-state index is 6.31. The molecule has 20 heavy (non-hydrogen) atoms. The summed E-state index contributed by atoms with van der Waals surface area (Å²) in [5.41, 5.74) is 2.13. The van der Waals surface area contributed by atoms with Crippen LogP contribution in [0.1, 0.15) is 24.2 Å². The predicted molar refractivity (Wildman–Crippen MR) is 84.2 cm³/mol. The first-order valence-corrected chi connectivity index (χ1v) is 7.32. The molecule has 3 heteroatoms. The van der Waals surface area contributed by atoms with Crippen LogP contribution in [0.2, 0.25) is 5.02 Å². The Morgan fingerprint density at radius 3 is 2.45 bits per heavy atom. The first kappa shape index (κ1) is 15.0. The lowest BCUT2D eigenvalue weighted by atomic mass is 10.0. The van der Waals surface area contributed by atoms with Gasteiger partial charge in [0.1, 0.15) is 6.10 Å². The van der Waals surface area contributed by atoms with Crippen molar-refractivity contribution in [3.05, 3.63) is 70.7 Å². The Labute approximate surface area is 125 Å². The lowest BCUT2D eigenvalue weighted by Crippen LogP contribution is -2.20. The zero-order valence-corrected chi connectivity index (χ0v) is 12.4. The molecule has 2 aromatic rings. The number of benzene rings is 2. The molecule has 0 unspecified atom stereocenters. The summed E-state index contributed by atoms with van der Waals surface area (Å²) in [6.45, 7) is 4.52. The largest absolute Gasteiger partial charge is 0.367 e. The van der Waals surface area contributed by atoms with E-state index in [1.54, 1.807) is 0 Å². The van der Waals surface area contributed by atoms with Crippen molar-refractivity contribution in [2.75, 3.05) is 19.7 Å². The smallest absolute Gasteiger partial charge is 0.109 e. The van der Waals surface area contributed by atoms with Crippen LogP contribution in [0.4, 0.5) is 0 Å². The molecule has 0 saturated heterocycles. The van der Waals surface area contributed by atoms with E-state index in [-0.39, 0.29) is 6.10 Å². The second-order valence-corrected chi connectivity index (χ2v) is 4.94. The zero-order chi connectivity index (χ0) is 14.2. The molecule has 0 spiro atoms. The number of hydrogen-bond acceptors (Lipinski definition) is 2. The Morgan fingerprint density at radius 1 is 1.05 bits per heavy atom. The highest BCUT2D eigenvalue weighted by molar-refractivity contribution is 6.31. The van der Waals surface area contributed by atoms with Gasteiger partial charge in [0, 0.05) is 17.1 Å². The fraction of sp³-hybridized carbons (Fsp3) is 0.294. The molecule has 0 aromatic heterocycles. The number of hydrogen-bond donors (Lipinski definition) is 1. The van der Waals surface area contributed by atoms with Gasteiger partial charge in [-0.1, -0.05) is 67.1 Å². The summed E-state index contributed by atoms with van der Waals surface area (Å²) in [4.78, 5) is 0. The average molecular weight is 290 g/mol. The first-order chi connectivity index (χ1) is 9.83. The molecule has 2 rings (SSSR count). The third-order valence-electron chi connectivity index (χ3n) is 3.10. The standard InChI is InChI=1S/C17H20ClNO/c1-2-19-12-13-20-17(14-8-4-3-5-9-14)15-10-6-7-11-16(15)18/h3-11,17,19H,2,12-13H2,1H3/t17-/m1/s1. The third kappa shape index (κ3) is 4.07. The molecule has 0 bridgehead atoms. The molecule has 0 radical (unpaired) electrons. The third-order valence-corrected chi connectivity index (χ3v) is 3.45. The summed E-state index contributed by atoms with van der Waals surface area (Å²) >= 11 is 6.31. The van der Waals surface area contributed by atoms with Crippen LogP contribution < -0.4 is 5.32 Å². The molecule has 0 aliphatic rings. The monoisotopic (exact) mass is 289 g/mol. The minimum absolute atomic E-state index is 0.122. The van der Waals surface area contributed by atoms with Gasteiger partial charge >= 0.3 is 0 Å². The van der Waals surface area contributed by atoms with Gasteiger partial charge in [0.2, 0.25) is 0 Å². The highest BCUT2D eigenvalue weighted by Gasteiger charge is 2.16. The molecule has 0 aliphatic heterocycles. The van der Waals surface area contributed by atoms with Gasteiger partial charge in [0.25, 0.3) is 0 Å². The molecule has 0 saturated carbocycles. The van der Waals surface area contributed by atoms with Gasteiger partial charge in [0.15, 0.2) is 0 Å². The van der Waals surface area contributed by atoms with Crippen molar-refractivity contribution in [1.82, 2.24) is 5.32 Å². The lowest BCUT2D eigenvalue weighted by molar-refractivity contribution is 0.0824. The van der Waals surface area contributed by atoms with Crippen LogP contribution in [0.15, 0.2) is 54.6 Å². The topological polar surface area (TPSA) is 21.3 Å². The van der Waals surface area contributed by atoms with Crippen molar-refractivity contribution >= 4 is 11.6 Å². The number of halogens is 1. The summed E-state index contributed by atoms with van der Waals surface area (Å²) in [6.07, 6.45) is -0.122. The van der Waals surface area contributed by atoms with Crippen LogP contribution in [0, 0.1) is 0 Å². The molecular formula is C17H20ClNO. The van der Waals surface area contributed by atoms with Gasteiger partial charge in [-0.25, -0.2) is 0 Å². The minimum atomic E-state index is -0.122. The van der Waals surface area contributed by atoms with Crippen molar-refractivity contribution in [1.29, 1.82) is 0 Å². The molecule has 0 heterocycles. The summed E-state index contributed by atoms with van der Waals surface area (Å²) in [5.74, 6) is 0. The highest BCUT2D eigenvalue weighted by Crippen LogP contribution is 2.30. The average Bonchev–Trinajstić information content (AvgIpc) is 2.49. The van der Waals surface area contributed by atoms with E-state index in [0.717, 1.165) is 29.2 Å². The van der Waals surface area contributed by atoms with E-state index in [1.807, 2.05) is 42.5 Å². The van der Waals surface area contributed by atoms with Crippen LogP contribution in [0.5, 0.6) is 0 Å². The van der Waals surface area contributed by atoms with E-state index in [1.165, 1.54) is 0 Å². The van der Waals surface area contributed by atoms with Gasteiger partial charge in [-0.05, 0) is 18.2 Å².